The summed E-state index contributed by atoms with van der Waals surface area (Å²) in [5, 5.41) is 4.88. The maximum Gasteiger partial charge on any atom is 0.331 e. The van der Waals surface area contributed by atoms with Crippen molar-refractivity contribution in [2.24, 2.45) is 0 Å². The Balaban J connectivity index is 1.60. The molecule has 5 nitrogen and oxygen atoms in total. The number of nitrogens with one attached hydrogen (secondary N) is 1. The average molecular weight is 403 g/mol. The highest BCUT2D eigenvalue weighted by Crippen LogP contribution is 2.22. The van der Waals surface area contributed by atoms with Crippen molar-refractivity contribution in [3.05, 3.63) is 77.4 Å². The van der Waals surface area contributed by atoms with E-state index < -0.39 is 12.1 Å². The lowest BCUT2D eigenvalue weighted by molar-refractivity contribution is -0.148. The van der Waals surface area contributed by atoms with Crippen molar-refractivity contribution in [3.8, 4) is 5.75 Å². The number of methoxy groups -OCH3 is 1. The Labute approximate surface area is 176 Å². The van der Waals surface area contributed by atoms with E-state index in [0.717, 1.165) is 33.2 Å². The van der Waals surface area contributed by atoms with Crippen LogP contribution in [0.3, 0.4) is 0 Å². The Morgan fingerprint density at radius 2 is 1.70 bits per heavy atom. The van der Waals surface area contributed by atoms with Crippen LogP contribution >= 0.6 is 0 Å². The summed E-state index contributed by atoms with van der Waals surface area (Å²) in [5.74, 6) is -0.154. The number of carbonyl (C=O) groups is 2. The van der Waals surface area contributed by atoms with Gasteiger partial charge in [0.05, 0.1) is 7.11 Å². The van der Waals surface area contributed by atoms with Crippen molar-refractivity contribution in [2.75, 3.05) is 12.4 Å². The summed E-state index contributed by atoms with van der Waals surface area (Å²) in [6.07, 6.45) is 2.08. The lowest BCUT2D eigenvalue weighted by atomic mass is 10.1. The number of esters is 1. The van der Waals surface area contributed by atoms with Crippen LogP contribution < -0.4 is 10.1 Å². The Morgan fingerprint density at radius 3 is 2.43 bits per heavy atom. The largest absolute Gasteiger partial charge is 0.497 e. The molecule has 0 fully saturated rings. The molecule has 0 spiro atoms. The Kier molecular flexibility index (Phi) is 6.52. The molecular formula is C25H25NO4. The number of rotatable bonds is 6. The fraction of sp³-hybridized carbons (Fsp3) is 0.200. The first kappa shape index (κ1) is 21.1. The van der Waals surface area contributed by atoms with Crippen molar-refractivity contribution < 1.29 is 19.1 Å². The smallest absolute Gasteiger partial charge is 0.331 e. The van der Waals surface area contributed by atoms with Crippen LogP contribution in [0.25, 0.3) is 16.8 Å². The second-order valence-electron chi connectivity index (χ2n) is 7.19. The van der Waals surface area contributed by atoms with Crippen LogP contribution in [0.15, 0.2) is 60.7 Å². The van der Waals surface area contributed by atoms with Crippen molar-refractivity contribution in [3.63, 3.8) is 0 Å². The summed E-state index contributed by atoms with van der Waals surface area (Å²) in [6, 6.07) is 17.4. The third-order valence-electron chi connectivity index (χ3n) is 4.79. The quantitative estimate of drug-likeness (QED) is 0.462. The molecule has 0 aliphatic carbocycles. The molecule has 3 rings (SSSR count). The van der Waals surface area contributed by atoms with E-state index >= 15 is 0 Å². The molecule has 3 aromatic carbocycles. The van der Waals surface area contributed by atoms with Gasteiger partial charge >= 0.3 is 5.97 Å². The van der Waals surface area contributed by atoms with Gasteiger partial charge < -0.3 is 14.8 Å². The first-order valence-electron chi connectivity index (χ1n) is 9.70. The molecule has 0 saturated carbocycles. The fourth-order valence-electron chi connectivity index (χ4n) is 3.09. The van der Waals surface area contributed by atoms with Crippen LogP contribution in [0.2, 0.25) is 0 Å². The van der Waals surface area contributed by atoms with Gasteiger partial charge in [0.15, 0.2) is 6.10 Å². The molecule has 1 N–H and O–H groups in total. The molecule has 0 radical (unpaired) electrons. The van der Waals surface area contributed by atoms with Crippen molar-refractivity contribution in [1.29, 1.82) is 0 Å². The van der Waals surface area contributed by atoms with E-state index in [1.54, 1.807) is 20.1 Å². The molecule has 0 bridgehead atoms. The van der Waals surface area contributed by atoms with Gasteiger partial charge in [-0.25, -0.2) is 4.79 Å². The zero-order valence-corrected chi connectivity index (χ0v) is 17.6. The molecule has 0 heterocycles. The fourth-order valence-corrected chi connectivity index (χ4v) is 3.09. The van der Waals surface area contributed by atoms with E-state index in [0.29, 0.717) is 5.69 Å². The number of ether oxygens (including phenoxy) is 2. The lowest BCUT2D eigenvalue weighted by Crippen LogP contribution is -2.29. The summed E-state index contributed by atoms with van der Waals surface area (Å²) in [4.78, 5) is 24.5. The summed E-state index contributed by atoms with van der Waals surface area (Å²) < 4.78 is 10.5. The van der Waals surface area contributed by atoms with E-state index in [9.17, 15) is 9.59 Å². The van der Waals surface area contributed by atoms with Crippen LogP contribution in [-0.4, -0.2) is 25.1 Å². The molecule has 3 aromatic rings. The molecule has 154 valence electrons. The third kappa shape index (κ3) is 5.26. The van der Waals surface area contributed by atoms with Gasteiger partial charge in [-0.2, -0.15) is 0 Å². The van der Waals surface area contributed by atoms with Crippen LogP contribution in [-0.2, 0) is 14.3 Å². The van der Waals surface area contributed by atoms with Gasteiger partial charge in [-0.05, 0) is 73.0 Å². The van der Waals surface area contributed by atoms with Gasteiger partial charge in [-0.15, -0.1) is 0 Å². The summed E-state index contributed by atoms with van der Waals surface area (Å²) in [7, 11) is 1.63. The van der Waals surface area contributed by atoms with Gasteiger partial charge in [0, 0.05) is 11.8 Å². The normalized spacial score (nSPS) is 12.0. The van der Waals surface area contributed by atoms with Gasteiger partial charge in [0.1, 0.15) is 5.75 Å². The molecule has 1 amide bonds. The van der Waals surface area contributed by atoms with E-state index in [4.69, 9.17) is 9.47 Å². The maximum absolute atomic E-state index is 12.3. The summed E-state index contributed by atoms with van der Waals surface area (Å²) >= 11 is 0. The van der Waals surface area contributed by atoms with Crippen molar-refractivity contribution >= 4 is 34.4 Å². The molecule has 0 unspecified atom stereocenters. The van der Waals surface area contributed by atoms with Crippen LogP contribution in [0.1, 0.15) is 23.6 Å². The Morgan fingerprint density at radius 1 is 0.967 bits per heavy atom. The lowest BCUT2D eigenvalue weighted by Gasteiger charge is -2.14. The first-order chi connectivity index (χ1) is 14.4. The van der Waals surface area contributed by atoms with E-state index in [1.165, 1.54) is 6.08 Å². The zero-order valence-electron chi connectivity index (χ0n) is 17.6. The topological polar surface area (TPSA) is 64.6 Å². The molecule has 0 saturated heterocycles. The Hall–Kier alpha value is -3.60. The van der Waals surface area contributed by atoms with Crippen LogP contribution in [0.5, 0.6) is 5.75 Å². The number of amides is 1. The molecule has 5 heteroatoms. The minimum Gasteiger partial charge on any atom is -0.497 e. The molecule has 1 atom stereocenters. The molecule has 0 aliphatic rings. The van der Waals surface area contributed by atoms with E-state index in [2.05, 4.69) is 5.32 Å². The second kappa shape index (κ2) is 9.27. The minimum absolute atomic E-state index is 0.372. The zero-order chi connectivity index (χ0) is 21.7. The first-order valence-corrected chi connectivity index (χ1v) is 9.70. The second-order valence-corrected chi connectivity index (χ2v) is 7.19. The molecule has 30 heavy (non-hydrogen) atoms. The predicted octanol–water partition coefficient (Wildman–Crippen LogP) is 5.05. The van der Waals surface area contributed by atoms with Crippen LogP contribution in [0, 0.1) is 13.8 Å². The Bertz CT molecular complexity index is 1120. The third-order valence-corrected chi connectivity index (χ3v) is 4.79. The van der Waals surface area contributed by atoms with Crippen LogP contribution in [0.4, 0.5) is 5.69 Å². The molecule has 0 aromatic heterocycles. The molecule has 0 aliphatic heterocycles. The number of benzene rings is 3. The number of anilines is 1. The highest BCUT2D eigenvalue weighted by Gasteiger charge is 2.17. The van der Waals surface area contributed by atoms with Gasteiger partial charge in [0.2, 0.25) is 0 Å². The van der Waals surface area contributed by atoms with Crippen molar-refractivity contribution in [1.82, 2.24) is 0 Å². The number of carbonyl (C=O) groups excluding carboxylic acids is 2. The minimum atomic E-state index is -0.910. The van der Waals surface area contributed by atoms with E-state index in [-0.39, 0.29) is 5.91 Å². The predicted molar refractivity (Wildman–Crippen MR) is 120 cm³/mol. The SMILES string of the molecule is COc1ccc2cc(/C=C/C(=O)O[C@@H](C)C(=O)Nc3ccc(C)cc3C)ccc2c1. The number of hydrogen-bond donors (Lipinski definition) is 1. The number of hydrogen-bond acceptors (Lipinski definition) is 4. The monoisotopic (exact) mass is 403 g/mol. The summed E-state index contributed by atoms with van der Waals surface area (Å²) in [6.45, 7) is 5.46. The van der Waals surface area contributed by atoms with Gasteiger partial charge in [-0.3, -0.25) is 4.79 Å². The van der Waals surface area contributed by atoms with Crippen molar-refractivity contribution in [2.45, 2.75) is 26.9 Å². The maximum atomic E-state index is 12.3. The number of aryl methyl sites for hydroxylation is 2. The van der Waals surface area contributed by atoms with Gasteiger partial charge in [0.25, 0.3) is 5.91 Å². The highest BCUT2D eigenvalue weighted by atomic mass is 16.5. The standard InChI is InChI=1S/C25H25NO4/c1-16-5-11-23(17(2)13-16)26-25(28)18(3)30-24(27)12-7-19-6-8-21-15-22(29-4)10-9-20(21)14-19/h5-15,18H,1-4H3,(H,26,28)/b12-7+/t18-/m0/s1. The van der Waals surface area contributed by atoms with Gasteiger partial charge in [-0.1, -0.05) is 35.9 Å². The summed E-state index contributed by atoms with van der Waals surface area (Å²) in [5.41, 5.74) is 3.63. The highest BCUT2D eigenvalue weighted by molar-refractivity contribution is 5.97. The number of fused-ring (bicyclic) bond motifs is 1. The van der Waals surface area contributed by atoms with E-state index in [1.807, 2.05) is 68.4 Å². The molecular weight excluding hydrogens is 378 g/mol. The average Bonchev–Trinajstić information content (AvgIpc) is 2.73.